The lowest BCUT2D eigenvalue weighted by molar-refractivity contribution is 0.254. The van der Waals surface area contributed by atoms with Crippen molar-refractivity contribution in [3.05, 3.63) is 32.3 Å². The highest BCUT2D eigenvalue weighted by Gasteiger charge is 2.23. The van der Waals surface area contributed by atoms with E-state index in [4.69, 9.17) is 4.74 Å². The molecule has 2 aromatic rings. The normalized spacial score (nSPS) is 14.8. The molecule has 2 heterocycles. The third-order valence-corrected chi connectivity index (χ3v) is 5.29. The van der Waals surface area contributed by atoms with Gasteiger partial charge in [0, 0.05) is 36.3 Å². The first kappa shape index (κ1) is 17.0. The Bertz CT molecular complexity index is 676. The van der Waals surface area contributed by atoms with Gasteiger partial charge in [0.25, 0.3) is 0 Å². The van der Waals surface area contributed by atoms with Crippen LogP contribution in [0.4, 0.5) is 0 Å². The Morgan fingerprint density at radius 1 is 1.26 bits per heavy atom. The molecular formula is C17H21Br2N3O. The van der Waals surface area contributed by atoms with Crippen LogP contribution in [0, 0.1) is 0 Å². The lowest BCUT2D eigenvalue weighted by Crippen LogP contribution is -2.31. The smallest absolute Gasteiger partial charge is 0.147 e. The second kappa shape index (κ2) is 7.36. The standard InChI is InChI=1S/C17H21Br2N3O/c1-3-6-22-7-5-15-12(10-22)16(21-20-15)11-8-13(18)17(23-4-2)14(19)9-11/h8-9H,3-7,10H2,1-2H3,(H,20,21). The molecule has 0 aliphatic carbocycles. The first-order chi connectivity index (χ1) is 11.1. The predicted molar refractivity (Wildman–Crippen MR) is 99.9 cm³/mol. The van der Waals surface area contributed by atoms with Gasteiger partial charge in [-0.15, -0.1) is 0 Å². The Morgan fingerprint density at radius 3 is 2.65 bits per heavy atom. The third-order valence-electron chi connectivity index (χ3n) is 4.11. The number of fused-ring (bicyclic) bond motifs is 1. The number of benzene rings is 1. The molecule has 0 atom stereocenters. The summed E-state index contributed by atoms with van der Waals surface area (Å²) in [6.07, 6.45) is 2.23. The van der Waals surface area contributed by atoms with Crippen molar-refractivity contribution >= 4 is 31.9 Å². The molecule has 0 bridgehead atoms. The zero-order chi connectivity index (χ0) is 16.4. The minimum Gasteiger partial charge on any atom is -0.492 e. The van der Waals surface area contributed by atoms with Crippen LogP contribution in [0.2, 0.25) is 0 Å². The van der Waals surface area contributed by atoms with E-state index in [0.717, 1.165) is 52.0 Å². The van der Waals surface area contributed by atoms with Crippen LogP contribution < -0.4 is 4.74 Å². The van der Waals surface area contributed by atoms with E-state index < -0.39 is 0 Å². The number of hydrogen-bond acceptors (Lipinski definition) is 3. The third kappa shape index (κ3) is 3.49. The number of rotatable bonds is 5. The molecule has 0 saturated heterocycles. The number of halogens is 2. The summed E-state index contributed by atoms with van der Waals surface area (Å²) in [6, 6.07) is 4.18. The van der Waals surface area contributed by atoms with Crippen LogP contribution in [0.25, 0.3) is 11.3 Å². The van der Waals surface area contributed by atoms with Gasteiger partial charge in [0.15, 0.2) is 0 Å². The van der Waals surface area contributed by atoms with Crippen LogP contribution in [-0.2, 0) is 13.0 Å². The van der Waals surface area contributed by atoms with Gasteiger partial charge < -0.3 is 4.74 Å². The van der Waals surface area contributed by atoms with Crippen molar-refractivity contribution in [1.29, 1.82) is 0 Å². The molecular weight excluding hydrogens is 422 g/mol. The highest BCUT2D eigenvalue weighted by atomic mass is 79.9. The molecule has 124 valence electrons. The fraction of sp³-hybridized carbons (Fsp3) is 0.471. The van der Waals surface area contributed by atoms with Gasteiger partial charge in [-0.2, -0.15) is 5.10 Å². The number of hydrogen-bond donors (Lipinski definition) is 1. The van der Waals surface area contributed by atoms with Crippen molar-refractivity contribution in [1.82, 2.24) is 15.1 Å². The van der Waals surface area contributed by atoms with Gasteiger partial charge >= 0.3 is 0 Å². The average molecular weight is 443 g/mol. The zero-order valence-corrected chi connectivity index (χ0v) is 16.6. The monoisotopic (exact) mass is 441 g/mol. The Labute approximate surface area is 153 Å². The van der Waals surface area contributed by atoms with E-state index in [2.05, 4.69) is 66.0 Å². The number of H-pyrrole nitrogens is 1. The van der Waals surface area contributed by atoms with Gasteiger partial charge in [-0.3, -0.25) is 10.00 Å². The fourth-order valence-electron chi connectivity index (χ4n) is 3.08. The summed E-state index contributed by atoms with van der Waals surface area (Å²) in [5.74, 6) is 0.841. The summed E-state index contributed by atoms with van der Waals surface area (Å²) >= 11 is 7.23. The van der Waals surface area contributed by atoms with Crippen molar-refractivity contribution in [2.45, 2.75) is 33.2 Å². The van der Waals surface area contributed by atoms with Crippen molar-refractivity contribution in [3.63, 3.8) is 0 Å². The maximum atomic E-state index is 5.67. The molecule has 0 unspecified atom stereocenters. The molecule has 4 nitrogen and oxygen atoms in total. The number of ether oxygens (including phenoxy) is 1. The molecule has 0 saturated carbocycles. The topological polar surface area (TPSA) is 41.2 Å². The van der Waals surface area contributed by atoms with Crippen molar-refractivity contribution in [2.24, 2.45) is 0 Å². The summed E-state index contributed by atoms with van der Waals surface area (Å²) in [4.78, 5) is 2.50. The summed E-state index contributed by atoms with van der Waals surface area (Å²) in [6.45, 7) is 8.07. The van der Waals surface area contributed by atoms with Crippen LogP contribution in [0.15, 0.2) is 21.1 Å². The molecule has 1 aliphatic heterocycles. The van der Waals surface area contributed by atoms with Crippen LogP contribution in [0.5, 0.6) is 5.75 Å². The number of nitrogens with one attached hydrogen (secondary N) is 1. The summed E-state index contributed by atoms with van der Waals surface area (Å²) in [5.41, 5.74) is 4.74. The maximum Gasteiger partial charge on any atom is 0.147 e. The van der Waals surface area contributed by atoms with E-state index in [0.29, 0.717) is 6.61 Å². The van der Waals surface area contributed by atoms with E-state index in [9.17, 15) is 0 Å². The van der Waals surface area contributed by atoms with Gasteiger partial charge in [0.1, 0.15) is 5.75 Å². The van der Waals surface area contributed by atoms with Gasteiger partial charge in [-0.25, -0.2) is 0 Å². The summed E-state index contributed by atoms with van der Waals surface area (Å²) in [7, 11) is 0. The highest BCUT2D eigenvalue weighted by Crippen LogP contribution is 2.39. The average Bonchev–Trinajstić information content (AvgIpc) is 2.94. The molecule has 23 heavy (non-hydrogen) atoms. The number of aromatic amines is 1. The van der Waals surface area contributed by atoms with Crippen LogP contribution in [0.1, 0.15) is 31.5 Å². The van der Waals surface area contributed by atoms with Gasteiger partial charge in [-0.1, -0.05) is 6.92 Å². The van der Waals surface area contributed by atoms with Crippen LogP contribution >= 0.6 is 31.9 Å². The lowest BCUT2D eigenvalue weighted by Gasteiger charge is -2.26. The molecule has 1 aromatic carbocycles. The quantitative estimate of drug-likeness (QED) is 0.724. The molecule has 3 rings (SSSR count). The fourth-order valence-corrected chi connectivity index (χ4v) is 4.49. The van der Waals surface area contributed by atoms with Gasteiger partial charge in [0.05, 0.1) is 21.2 Å². The second-order valence-corrected chi connectivity index (χ2v) is 7.47. The summed E-state index contributed by atoms with van der Waals surface area (Å²) in [5, 5.41) is 7.81. The molecule has 1 aliphatic rings. The SMILES string of the molecule is CCCN1CCc2[nH]nc(-c3cc(Br)c(OCC)c(Br)c3)c2C1. The molecule has 0 spiro atoms. The molecule has 0 amide bonds. The molecule has 0 fully saturated rings. The molecule has 6 heteroatoms. The Balaban J connectivity index is 1.96. The predicted octanol–water partition coefficient (Wildman–Crippen LogP) is 4.77. The first-order valence-electron chi connectivity index (χ1n) is 8.04. The summed E-state index contributed by atoms with van der Waals surface area (Å²) < 4.78 is 7.56. The molecule has 1 aromatic heterocycles. The Morgan fingerprint density at radius 2 is 2.00 bits per heavy atom. The van der Waals surface area contributed by atoms with Gasteiger partial charge in [-0.05, 0) is 63.9 Å². The van der Waals surface area contributed by atoms with Crippen molar-refractivity contribution in [2.75, 3.05) is 19.7 Å². The maximum absolute atomic E-state index is 5.67. The van der Waals surface area contributed by atoms with Crippen LogP contribution in [0.3, 0.4) is 0 Å². The number of nitrogens with zero attached hydrogens (tertiary/aromatic N) is 2. The molecule has 0 radical (unpaired) electrons. The van der Waals surface area contributed by atoms with E-state index in [1.165, 1.54) is 17.7 Å². The Kier molecular flexibility index (Phi) is 5.44. The van der Waals surface area contributed by atoms with E-state index in [1.807, 2.05) is 6.92 Å². The van der Waals surface area contributed by atoms with Crippen molar-refractivity contribution in [3.8, 4) is 17.0 Å². The Hall–Kier alpha value is -0.850. The minimum absolute atomic E-state index is 0.639. The molecule has 1 N–H and O–H groups in total. The zero-order valence-electron chi connectivity index (χ0n) is 13.5. The van der Waals surface area contributed by atoms with Crippen LogP contribution in [-0.4, -0.2) is 34.8 Å². The first-order valence-corrected chi connectivity index (χ1v) is 9.63. The van der Waals surface area contributed by atoms with E-state index in [-0.39, 0.29) is 0 Å². The highest BCUT2D eigenvalue weighted by molar-refractivity contribution is 9.11. The minimum atomic E-state index is 0.639. The van der Waals surface area contributed by atoms with E-state index in [1.54, 1.807) is 0 Å². The van der Waals surface area contributed by atoms with Gasteiger partial charge in [0.2, 0.25) is 0 Å². The largest absolute Gasteiger partial charge is 0.492 e. The van der Waals surface area contributed by atoms with E-state index >= 15 is 0 Å². The van der Waals surface area contributed by atoms with Crippen molar-refractivity contribution < 1.29 is 4.74 Å². The second-order valence-electron chi connectivity index (χ2n) is 5.76. The number of aromatic nitrogens is 2. The lowest BCUT2D eigenvalue weighted by atomic mass is 10.0.